The van der Waals surface area contributed by atoms with Crippen LogP contribution in [-0.2, 0) is 0 Å². The predicted molar refractivity (Wildman–Crippen MR) is 32.8 cm³/mol. The van der Waals surface area contributed by atoms with Crippen molar-refractivity contribution in [2.24, 2.45) is 0 Å². The summed E-state index contributed by atoms with van der Waals surface area (Å²) in [5, 5.41) is 8.99. The van der Waals surface area contributed by atoms with Crippen LogP contribution in [0.1, 0.15) is 6.93 Å². The highest BCUT2D eigenvalue weighted by atomic mass is 16.3. The van der Waals surface area contributed by atoms with E-state index in [0.717, 1.165) is 0 Å². The molecule has 0 unspecified atom stereocenters. The van der Waals surface area contributed by atoms with Gasteiger partial charge in [0.15, 0.2) is 0 Å². The summed E-state index contributed by atoms with van der Waals surface area (Å²) in [6, 6.07) is 6.88. The van der Waals surface area contributed by atoms with Gasteiger partial charge in [-0.15, -0.1) is 0 Å². The van der Waals surface area contributed by atoms with Crippen molar-refractivity contribution in [3.8, 4) is 5.75 Å². The van der Waals surface area contributed by atoms with E-state index in [1.54, 1.807) is 18.2 Å². The fraction of sp³-hybridized carbons (Fsp3) is 0.143. The van der Waals surface area contributed by atoms with E-state index in [4.69, 9.17) is 6.48 Å². The molecular formula is C7H8O. The molecule has 0 aliphatic rings. The van der Waals surface area contributed by atoms with E-state index in [2.05, 4.69) is 0 Å². The zero-order valence-corrected chi connectivity index (χ0v) is 4.46. The first-order valence-corrected chi connectivity index (χ1v) is 2.40. The number of hydrogen-bond acceptors (Lipinski definition) is 1. The van der Waals surface area contributed by atoms with Crippen LogP contribution in [0.5, 0.6) is 5.75 Å². The summed E-state index contributed by atoms with van der Waals surface area (Å²) in [5.74, 6) is 0.215. The minimum absolute atomic E-state index is 0.146. The maximum Gasteiger partial charge on any atom is 0.118 e. The SMILES string of the molecule is [2H]Cc1ccccc1O. The Morgan fingerprint density at radius 3 is 2.75 bits per heavy atom. The highest BCUT2D eigenvalue weighted by Crippen LogP contribution is 2.12. The van der Waals surface area contributed by atoms with Crippen molar-refractivity contribution in [1.82, 2.24) is 0 Å². The monoisotopic (exact) mass is 109 g/mol. The van der Waals surface area contributed by atoms with Crippen LogP contribution in [0, 0.1) is 6.90 Å². The molecule has 1 nitrogen and oxygen atoms in total. The van der Waals surface area contributed by atoms with Gasteiger partial charge in [0.25, 0.3) is 0 Å². The van der Waals surface area contributed by atoms with E-state index in [1.807, 2.05) is 6.07 Å². The molecule has 42 valence electrons. The van der Waals surface area contributed by atoms with Crippen molar-refractivity contribution >= 4 is 0 Å². The van der Waals surface area contributed by atoms with Crippen LogP contribution in [0.3, 0.4) is 0 Å². The molecule has 1 heteroatoms. The fourth-order valence-electron chi connectivity index (χ4n) is 0.511. The molecule has 0 saturated heterocycles. The molecule has 0 atom stereocenters. The first kappa shape index (κ1) is 3.96. The van der Waals surface area contributed by atoms with E-state index < -0.39 is 0 Å². The Morgan fingerprint density at radius 1 is 1.50 bits per heavy atom. The minimum atomic E-state index is 0.146. The van der Waals surface area contributed by atoms with Crippen molar-refractivity contribution in [3.05, 3.63) is 29.8 Å². The molecule has 0 bridgehead atoms. The smallest absolute Gasteiger partial charge is 0.118 e. The number of phenols is 1. The van der Waals surface area contributed by atoms with Crippen molar-refractivity contribution in [1.29, 1.82) is 0 Å². The Labute approximate surface area is 50.0 Å². The first-order valence-electron chi connectivity index (χ1n) is 3.11. The van der Waals surface area contributed by atoms with E-state index >= 15 is 0 Å². The first-order chi connectivity index (χ1) is 4.34. The normalized spacial score (nSPS) is 10.8. The lowest BCUT2D eigenvalue weighted by atomic mass is 10.2. The maximum atomic E-state index is 8.99. The van der Waals surface area contributed by atoms with Gasteiger partial charge < -0.3 is 5.11 Å². The maximum absolute atomic E-state index is 8.99. The van der Waals surface area contributed by atoms with Crippen LogP contribution in [0.25, 0.3) is 0 Å². The number of hydrogen-bond donors (Lipinski definition) is 1. The van der Waals surface area contributed by atoms with Gasteiger partial charge in [-0.2, -0.15) is 0 Å². The zero-order chi connectivity index (χ0) is 6.69. The number of para-hydroxylation sites is 1. The van der Waals surface area contributed by atoms with Gasteiger partial charge in [0.05, 0.1) is 0 Å². The standard InChI is InChI=1S/C7H8O/c1-6-4-2-3-5-7(6)8/h2-5,8H,1H3/i1D. The van der Waals surface area contributed by atoms with Crippen LogP contribution in [0.15, 0.2) is 24.3 Å². The van der Waals surface area contributed by atoms with Crippen LogP contribution in [0.4, 0.5) is 0 Å². The lowest BCUT2D eigenvalue weighted by molar-refractivity contribution is 0.471. The summed E-state index contributed by atoms with van der Waals surface area (Å²) in [7, 11) is 0. The zero-order valence-electron chi connectivity index (χ0n) is 5.46. The summed E-state index contributed by atoms with van der Waals surface area (Å²) in [6.45, 7) is 0.146. The molecule has 0 amide bonds. The van der Waals surface area contributed by atoms with Crippen molar-refractivity contribution in [3.63, 3.8) is 0 Å². The molecule has 0 radical (unpaired) electrons. The summed E-state index contributed by atoms with van der Waals surface area (Å²) < 4.78 is 6.92. The summed E-state index contributed by atoms with van der Waals surface area (Å²) in [4.78, 5) is 0. The average Bonchev–Trinajstić information content (AvgIpc) is 1.89. The Balaban J connectivity index is 3.01. The van der Waals surface area contributed by atoms with Gasteiger partial charge in [-0.1, -0.05) is 18.2 Å². The average molecular weight is 109 g/mol. The second-order valence-electron chi connectivity index (χ2n) is 1.63. The molecule has 0 spiro atoms. The summed E-state index contributed by atoms with van der Waals surface area (Å²) >= 11 is 0. The molecule has 1 aromatic carbocycles. The quantitative estimate of drug-likeness (QED) is 0.537. The lowest BCUT2D eigenvalue weighted by Crippen LogP contribution is -1.68. The molecule has 0 fully saturated rings. The number of aromatic hydroxyl groups is 1. The van der Waals surface area contributed by atoms with Crippen molar-refractivity contribution < 1.29 is 6.48 Å². The van der Waals surface area contributed by atoms with Crippen LogP contribution >= 0.6 is 0 Å². The van der Waals surface area contributed by atoms with E-state index in [9.17, 15) is 0 Å². The molecule has 1 rings (SSSR count). The van der Waals surface area contributed by atoms with Gasteiger partial charge in [-0.3, -0.25) is 0 Å². The summed E-state index contributed by atoms with van der Waals surface area (Å²) in [6.07, 6.45) is 0. The number of rotatable bonds is 0. The van der Waals surface area contributed by atoms with Crippen LogP contribution in [-0.4, -0.2) is 5.11 Å². The number of phenolic OH excluding ortho intramolecular Hbond substituents is 1. The molecule has 0 saturated carbocycles. The molecule has 0 heterocycles. The third kappa shape index (κ3) is 0.808. The Kier molecular flexibility index (Phi) is 0.922. The molecule has 0 aromatic heterocycles. The Morgan fingerprint density at radius 2 is 2.25 bits per heavy atom. The highest BCUT2D eigenvalue weighted by Gasteiger charge is 1.86. The fourth-order valence-corrected chi connectivity index (χ4v) is 0.511. The summed E-state index contributed by atoms with van der Waals surface area (Å²) in [5.41, 5.74) is 0.678. The van der Waals surface area contributed by atoms with Crippen LogP contribution < -0.4 is 0 Å². The van der Waals surface area contributed by atoms with Gasteiger partial charge >= 0.3 is 0 Å². The third-order valence-corrected chi connectivity index (χ3v) is 0.992. The van der Waals surface area contributed by atoms with E-state index in [-0.39, 0.29) is 12.6 Å². The number of benzene rings is 1. The van der Waals surface area contributed by atoms with Gasteiger partial charge in [0.2, 0.25) is 0 Å². The lowest BCUT2D eigenvalue weighted by Gasteiger charge is -1.92. The molecule has 0 aliphatic carbocycles. The topological polar surface area (TPSA) is 20.2 Å². The second-order valence-corrected chi connectivity index (χ2v) is 1.63. The van der Waals surface area contributed by atoms with Gasteiger partial charge in [0, 0.05) is 1.37 Å². The van der Waals surface area contributed by atoms with Gasteiger partial charge in [-0.05, 0) is 18.5 Å². The Hall–Kier alpha value is -0.980. The second kappa shape index (κ2) is 1.86. The molecule has 1 N–H and O–H groups in total. The number of aryl methyl sites for hydroxylation is 1. The largest absolute Gasteiger partial charge is 0.508 e. The molecule has 8 heavy (non-hydrogen) atoms. The molecule has 0 aliphatic heterocycles. The third-order valence-electron chi connectivity index (χ3n) is 0.992. The highest BCUT2D eigenvalue weighted by molar-refractivity contribution is 5.29. The molecular weight excluding hydrogens is 100 g/mol. The van der Waals surface area contributed by atoms with Crippen molar-refractivity contribution in [2.75, 3.05) is 0 Å². The minimum Gasteiger partial charge on any atom is -0.508 e. The Bertz CT molecular complexity index is 198. The van der Waals surface area contributed by atoms with Gasteiger partial charge in [0.1, 0.15) is 5.75 Å². The predicted octanol–water partition coefficient (Wildman–Crippen LogP) is 1.70. The van der Waals surface area contributed by atoms with E-state index in [0.29, 0.717) is 5.56 Å². The van der Waals surface area contributed by atoms with Gasteiger partial charge in [-0.25, -0.2) is 0 Å². The van der Waals surface area contributed by atoms with Crippen molar-refractivity contribution in [2.45, 2.75) is 6.90 Å². The van der Waals surface area contributed by atoms with Crippen LogP contribution in [0.2, 0.25) is 0 Å². The van der Waals surface area contributed by atoms with E-state index in [1.165, 1.54) is 0 Å². The molecule has 1 aromatic rings.